The van der Waals surface area contributed by atoms with Crippen molar-refractivity contribution in [3.63, 3.8) is 0 Å². The maximum Gasteiger partial charge on any atom is 0.390 e. The first-order valence-electron chi connectivity index (χ1n) is 3.94. The van der Waals surface area contributed by atoms with Crippen LogP contribution in [0.2, 0.25) is 0 Å². The normalized spacial score (nSPS) is 19.0. The van der Waals surface area contributed by atoms with Crippen LogP contribution in [0.3, 0.4) is 0 Å². The van der Waals surface area contributed by atoms with Gasteiger partial charge in [0.25, 0.3) is 6.43 Å². The number of rotatable bonds is 6. The van der Waals surface area contributed by atoms with Gasteiger partial charge in [-0.25, -0.2) is 17.6 Å². The molecule has 92 valence electrons. The lowest BCUT2D eigenvalue weighted by atomic mass is 10.2. The van der Waals surface area contributed by atoms with E-state index in [1.807, 2.05) is 0 Å². The molecule has 0 amide bonds. The molecule has 0 bridgehead atoms. The highest BCUT2D eigenvalue weighted by atomic mass is 19.3. The molecule has 0 spiro atoms. The van der Waals surface area contributed by atoms with Gasteiger partial charge in [0.05, 0.1) is 12.7 Å². The standard InChI is InChI=1S/C7H10F6O2/c1-3(14)2-15-7(12,13)5(9)4(8)6(10)11/h3-6,14H,2H2,1H3. The van der Waals surface area contributed by atoms with Crippen LogP contribution in [0.25, 0.3) is 0 Å². The fourth-order valence-corrected chi connectivity index (χ4v) is 0.624. The van der Waals surface area contributed by atoms with Crippen LogP contribution in [-0.4, -0.2) is 42.7 Å². The minimum absolute atomic E-state index is 0.983. The molecule has 0 radical (unpaired) electrons. The SMILES string of the molecule is CC(O)COC(F)(F)C(F)C(F)C(F)F. The Morgan fingerprint density at radius 2 is 1.67 bits per heavy atom. The number of hydrogen-bond acceptors (Lipinski definition) is 2. The Morgan fingerprint density at radius 1 is 1.20 bits per heavy atom. The molecule has 0 fully saturated rings. The molecule has 0 saturated carbocycles. The second-order valence-corrected chi connectivity index (χ2v) is 2.90. The van der Waals surface area contributed by atoms with E-state index in [0.29, 0.717) is 0 Å². The van der Waals surface area contributed by atoms with Crippen LogP contribution in [0.15, 0.2) is 0 Å². The summed E-state index contributed by atoms with van der Waals surface area (Å²) in [6, 6.07) is 0. The first-order valence-corrected chi connectivity index (χ1v) is 3.94. The zero-order valence-electron chi connectivity index (χ0n) is 7.64. The van der Waals surface area contributed by atoms with Gasteiger partial charge < -0.3 is 9.84 Å². The van der Waals surface area contributed by atoms with Gasteiger partial charge in [0.2, 0.25) is 12.3 Å². The summed E-state index contributed by atoms with van der Waals surface area (Å²) in [6.07, 6.45) is -17.3. The number of hydrogen-bond donors (Lipinski definition) is 1. The summed E-state index contributed by atoms with van der Waals surface area (Å²) in [4.78, 5) is 0. The van der Waals surface area contributed by atoms with E-state index in [4.69, 9.17) is 5.11 Å². The van der Waals surface area contributed by atoms with E-state index in [9.17, 15) is 26.3 Å². The first-order chi connectivity index (χ1) is 6.68. The molecule has 0 aromatic carbocycles. The molecular formula is C7H10F6O2. The van der Waals surface area contributed by atoms with E-state index in [0.717, 1.165) is 6.92 Å². The smallest absolute Gasteiger partial charge is 0.390 e. The van der Waals surface area contributed by atoms with Crippen LogP contribution in [0.1, 0.15) is 6.92 Å². The van der Waals surface area contributed by atoms with Crippen molar-refractivity contribution in [2.24, 2.45) is 0 Å². The summed E-state index contributed by atoms with van der Waals surface area (Å²) < 4.78 is 76.3. The Bertz CT molecular complexity index is 186. The van der Waals surface area contributed by atoms with E-state index in [2.05, 4.69) is 4.74 Å². The van der Waals surface area contributed by atoms with Crippen molar-refractivity contribution >= 4 is 0 Å². The van der Waals surface area contributed by atoms with Gasteiger partial charge >= 0.3 is 6.11 Å². The summed E-state index contributed by atoms with van der Waals surface area (Å²) in [5, 5.41) is 8.52. The van der Waals surface area contributed by atoms with Crippen molar-refractivity contribution in [3.05, 3.63) is 0 Å². The van der Waals surface area contributed by atoms with Crippen molar-refractivity contribution in [1.82, 2.24) is 0 Å². The summed E-state index contributed by atoms with van der Waals surface area (Å²) >= 11 is 0. The maximum absolute atomic E-state index is 12.5. The zero-order chi connectivity index (χ0) is 12.2. The summed E-state index contributed by atoms with van der Waals surface area (Å²) in [7, 11) is 0. The van der Waals surface area contributed by atoms with Gasteiger partial charge in [-0.15, -0.1) is 0 Å². The van der Waals surface area contributed by atoms with Gasteiger partial charge in [-0.05, 0) is 6.92 Å². The molecule has 1 N–H and O–H groups in total. The fraction of sp³-hybridized carbons (Fsp3) is 1.00. The quantitative estimate of drug-likeness (QED) is 0.719. The Kier molecular flexibility index (Phi) is 5.36. The third-order valence-electron chi connectivity index (χ3n) is 1.36. The summed E-state index contributed by atoms with van der Waals surface area (Å²) in [6.45, 7) is 0.0761. The highest BCUT2D eigenvalue weighted by Gasteiger charge is 2.50. The predicted molar refractivity (Wildman–Crippen MR) is 38.4 cm³/mol. The van der Waals surface area contributed by atoms with Gasteiger partial charge in [0.15, 0.2) is 0 Å². The van der Waals surface area contributed by atoms with Gasteiger partial charge in [-0.3, -0.25) is 0 Å². The van der Waals surface area contributed by atoms with Gasteiger partial charge in [-0.1, -0.05) is 0 Å². The summed E-state index contributed by atoms with van der Waals surface area (Å²) in [5.74, 6) is 0. The van der Waals surface area contributed by atoms with Crippen LogP contribution in [0, 0.1) is 0 Å². The third-order valence-corrected chi connectivity index (χ3v) is 1.36. The first kappa shape index (κ1) is 14.5. The number of aliphatic hydroxyl groups excluding tert-OH is 1. The van der Waals surface area contributed by atoms with E-state index >= 15 is 0 Å². The zero-order valence-corrected chi connectivity index (χ0v) is 7.64. The highest BCUT2D eigenvalue weighted by Crippen LogP contribution is 2.29. The molecule has 0 aliphatic rings. The minimum atomic E-state index is -4.69. The second-order valence-electron chi connectivity index (χ2n) is 2.90. The van der Waals surface area contributed by atoms with Crippen LogP contribution in [0.5, 0.6) is 0 Å². The van der Waals surface area contributed by atoms with Crippen LogP contribution < -0.4 is 0 Å². The van der Waals surface area contributed by atoms with Crippen molar-refractivity contribution in [1.29, 1.82) is 0 Å². The molecule has 3 unspecified atom stereocenters. The highest BCUT2D eigenvalue weighted by molar-refractivity contribution is 4.78. The molecule has 3 atom stereocenters. The molecule has 15 heavy (non-hydrogen) atoms. The molecule has 0 rings (SSSR count). The molecular weight excluding hydrogens is 230 g/mol. The Labute approximate surface area is 81.8 Å². The Morgan fingerprint density at radius 3 is 2.00 bits per heavy atom. The van der Waals surface area contributed by atoms with Crippen molar-refractivity contribution in [2.45, 2.75) is 37.9 Å². The van der Waals surface area contributed by atoms with E-state index in [-0.39, 0.29) is 0 Å². The molecule has 0 aromatic rings. The number of halogens is 6. The minimum Gasteiger partial charge on any atom is -0.391 e. The van der Waals surface area contributed by atoms with E-state index in [1.54, 1.807) is 0 Å². The average molecular weight is 240 g/mol. The van der Waals surface area contributed by atoms with Crippen LogP contribution in [-0.2, 0) is 4.74 Å². The van der Waals surface area contributed by atoms with E-state index < -0.39 is 37.6 Å². The average Bonchev–Trinajstić information content (AvgIpc) is 2.12. The number of aliphatic hydroxyl groups is 1. The summed E-state index contributed by atoms with van der Waals surface area (Å²) in [5.41, 5.74) is 0. The van der Waals surface area contributed by atoms with Gasteiger partial charge in [-0.2, -0.15) is 8.78 Å². The third kappa shape index (κ3) is 4.70. The molecule has 0 saturated heterocycles. The lowest BCUT2D eigenvalue weighted by molar-refractivity contribution is -0.295. The van der Waals surface area contributed by atoms with Crippen LogP contribution in [0.4, 0.5) is 26.3 Å². The van der Waals surface area contributed by atoms with E-state index in [1.165, 1.54) is 0 Å². The topological polar surface area (TPSA) is 29.5 Å². The molecule has 0 aliphatic heterocycles. The largest absolute Gasteiger partial charge is 0.391 e. The molecule has 0 aliphatic carbocycles. The van der Waals surface area contributed by atoms with Gasteiger partial charge in [0.1, 0.15) is 0 Å². The Hall–Kier alpha value is -0.500. The van der Waals surface area contributed by atoms with Gasteiger partial charge in [0, 0.05) is 0 Å². The Balaban J connectivity index is 4.30. The number of alkyl halides is 6. The van der Waals surface area contributed by atoms with Crippen LogP contribution >= 0.6 is 0 Å². The molecule has 0 heterocycles. The fourth-order valence-electron chi connectivity index (χ4n) is 0.624. The lowest BCUT2D eigenvalue weighted by Crippen LogP contribution is -2.43. The maximum atomic E-state index is 12.5. The monoisotopic (exact) mass is 240 g/mol. The van der Waals surface area contributed by atoms with Crippen molar-refractivity contribution in [2.75, 3.05) is 6.61 Å². The van der Waals surface area contributed by atoms with Crippen molar-refractivity contribution < 1.29 is 36.2 Å². The van der Waals surface area contributed by atoms with Crippen molar-refractivity contribution in [3.8, 4) is 0 Å². The molecule has 0 aromatic heterocycles. The second kappa shape index (κ2) is 5.55. The molecule has 8 heteroatoms. The number of ether oxygens (including phenoxy) is 1. The molecule has 2 nitrogen and oxygen atoms in total. The predicted octanol–water partition coefficient (Wildman–Crippen LogP) is 1.92. The lowest BCUT2D eigenvalue weighted by Gasteiger charge is -2.23.